The Morgan fingerprint density at radius 3 is 1.25 bits per heavy atom. The first kappa shape index (κ1) is 50.8. The first-order valence-corrected chi connectivity index (χ1v) is 11.8. The zero-order valence-electron chi connectivity index (χ0n) is 23.0. The van der Waals surface area contributed by atoms with Crippen LogP contribution in [0.1, 0.15) is 38.5 Å². The minimum Gasteiger partial charge on any atom is -0.394 e. The maximum atomic E-state index is 13.8. The summed E-state index contributed by atoms with van der Waals surface area (Å²) in [5.74, 6) is -48.8. The number of nitrogens with one attached hydrogen (secondary N) is 1. The molecule has 0 bridgehead atoms. The number of nitrogens with two attached hydrogens (primary N) is 1. The first-order chi connectivity index (χ1) is 20.6. The average molecular weight is 843 g/mol. The molecule has 282 valence electrons. The largest absolute Gasteiger partial charge is 2.00 e. The number of unbranched alkanes of at least 4 members (excludes halogenated alkanes) is 3. The van der Waals surface area contributed by atoms with Crippen LogP contribution in [0, 0.1) is 38.6 Å². The fourth-order valence-electron chi connectivity index (χ4n) is 2.79. The van der Waals surface area contributed by atoms with Gasteiger partial charge < -0.3 is 5.73 Å². The van der Waals surface area contributed by atoms with Crippen molar-refractivity contribution in [3.63, 3.8) is 0 Å². The molecule has 0 aliphatic carbocycles. The third-order valence-electron chi connectivity index (χ3n) is 5.44. The average Bonchev–Trinajstić information content (AvgIpc) is 2.91. The van der Waals surface area contributed by atoms with Gasteiger partial charge in [0, 0.05) is 6.42 Å². The SMILES string of the molecule is [CH2][CH][CH2].[NH][C]([C](F)[C]([O])CCCCCCC(=O)/C(F)=C(\N)C(F)(F)C(F)(F)C(F)(F)C(F)(F)F)C(F)(F)C(F)(F)C(F)(F)C(F)(F)F.[Pd+2]. The van der Waals surface area contributed by atoms with Crippen molar-refractivity contribution < 1.29 is 118 Å². The zero-order valence-corrected chi connectivity index (χ0v) is 24.6. The van der Waals surface area contributed by atoms with Crippen LogP contribution in [0.25, 0.3) is 0 Å². The Labute approximate surface area is 272 Å². The van der Waals surface area contributed by atoms with Gasteiger partial charge in [-0.1, -0.05) is 19.3 Å². The third kappa shape index (κ3) is 10.5. The van der Waals surface area contributed by atoms with E-state index >= 15 is 0 Å². The van der Waals surface area contributed by atoms with Gasteiger partial charge in [-0.3, -0.25) is 4.79 Å². The van der Waals surface area contributed by atoms with Crippen LogP contribution in [0.15, 0.2) is 11.5 Å². The molecular weight excluding hydrogens is 823 g/mol. The van der Waals surface area contributed by atoms with Crippen LogP contribution in [0.5, 0.6) is 0 Å². The summed E-state index contributed by atoms with van der Waals surface area (Å²) in [5.41, 5.74) is 7.46. The van der Waals surface area contributed by atoms with Crippen molar-refractivity contribution in [1.29, 1.82) is 0 Å². The quantitative estimate of drug-likeness (QED) is 0.0728. The number of Topliss-reactive ketones (excluding diaryl/α,β-unsaturated/α-hetero) is 1. The van der Waals surface area contributed by atoms with Crippen LogP contribution in [-0.2, 0) is 30.3 Å². The molecule has 0 saturated heterocycles. The van der Waals surface area contributed by atoms with Gasteiger partial charge in [0.1, 0.15) is 5.70 Å². The van der Waals surface area contributed by atoms with Gasteiger partial charge in [0.2, 0.25) is 6.17 Å². The van der Waals surface area contributed by atoms with Crippen LogP contribution in [0.2, 0.25) is 0 Å². The summed E-state index contributed by atoms with van der Waals surface area (Å²) in [6, 6.07) is -3.54. The number of allylic oxidation sites excluding steroid dienone is 2. The van der Waals surface area contributed by atoms with Crippen LogP contribution < -0.4 is 11.5 Å². The van der Waals surface area contributed by atoms with E-state index < -0.39 is 122 Å². The summed E-state index contributed by atoms with van der Waals surface area (Å²) in [6.07, 6.45) is -23.6. The summed E-state index contributed by atoms with van der Waals surface area (Å²) in [4.78, 5) is 11.5. The summed E-state index contributed by atoms with van der Waals surface area (Å²) >= 11 is 0. The smallest absolute Gasteiger partial charge is 0.394 e. The first-order valence-electron chi connectivity index (χ1n) is 11.8. The molecule has 0 amide bonds. The van der Waals surface area contributed by atoms with Crippen molar-refractivity contribution in [2.24, 2.45) is 5.73 Å². The van der Waals surface area contributed by atoms with E-state index in [0.717, 1.165) is 0 Å². The van der Waals surface area contributed by atoms with Gasteiger partial charge in [0.15, 0.2) is 23.8 Å². The molecule has 0 aromatic heterocycles. The van der Waals surface area contributed by atoms with E-state index in [-0.39, 0.29) is 20.4 Å². The maximum absolute atomic E-state index is 13.8. The number of ketones is 1. The Kier molecular flexibility index (Phi) is 18.6. The van der Waals surface area contributed by atoms with Gasteiger partial charge in [-0.05, 0) is 33.1 Å². The molecule has 0 heterocycles. The number of alkyl halides is 18. The molecular formula is C23H20F20N2O2Pd+2. The van der Waals surface area contributed by atoms with Crippen LogP contribution in [0.3, 0.4) is 0 Å². The molecule has 0 aromatic rings. The molecule has 0 spiro atoms. The molecule has 0 atom stereocenters. The molecule has 0 saturated carbocycles. The van der Waals surface area contributed by atoms with E-state index in [1.807, 2.05) is 0 Å². The van der Waals surface area contributed by atoms with Crippen molar-refractivity contribution >= 4 is 5.78 Å². The molecule has 0 fully saturated rings. The molecule has 8 radical (unpaired) electrons. The molecule has 4 nitrogen and oxygen atoms in total. The van der Waals surface area contributed by atoms with Gasteiger partial charge in [0.05, 0.1) is 0 Å². The van der Waals surface area contributed by atoms with Crippen LogP contribution >= 0.6 is 0 Å². The predicted octanol–water partition coefficient (Wildman–Crippen LogP) is 9.11. The molecule has 0 aromatic carbocycles. The molecule has 0 rings (SSSR count). The van der Waals surface area contributed by atoms with Crippen molar-refractivity contribution in [3.05, 3.63) is 50.1 Å². The van der Waals surface area contributed by atoms with E-state index in [1.165, 1.54) is 6.42 Å². The number of hydrogen-bond donors (Lipinski definition) is 1. The number of rotatable bonds is 16. The second-order valence-electron chi connectivity index (χ2n) is 8.91. The van der Waals surface area contributed by atoms with E-state index in [2.05, 4.69) is 19.6 Å². The summed E-state index contributed by atoms with van der Waals surface area (Å²) < 4.78 is 259. The number of halogens is 20. The van der Waals surface area contributed by atoms with Crippen molar-refractivity contribution in [1.82, 2.24) is 5.73 Å². The zero-order chi connectivity index (χ0) is 38.4. The van der Waals surface area contributed by atoms with E-state index in [9.17, 15) is 97.7 Å². The summed E-state index contributed by atoms with van der Waals surface area (Å²) in [5, 5.41) is 11.5. The minimum atomic E-state index is -7.50. The Morgan fingerprint density at radius 2 is 0.917 bits per heavy atom. The molecule has 25 heteroatoms. The van der Waals surface area contributed by atoms with Crippen molar-refractivity contribution in [2.45, 2.75) is 86.4 Å². The Balaban J connectivity index is -0.00000486. The Bertz CT molecular complexity index is 1050. The number of hydrogen-bond acceptors (Lipinski definition) is 2. The monoisotopic (exact) mass is 842 g/mol. The predicted molar refractivity (Wildman–Crippen MR) is 116 cm³/mol. The molecule has 0 aliphatic heterocycles. The fraction of sp³-hybridized carbons (Fsp3) is 0.609. The van der Waals surface area contributed by atoms with Crippen LogP contribution in [-0.4, -0.2) is 53.7 Å². The van der Waals surface area contributed by atoms with Gasteiger partial charge in [0.25, 0.3) is 0 Å². The fourth-order valence-corrected chi connectivity index (χ4v) is 2.79. The van der Waals surface area contributed by atoms with Gasteiger partial charge in [-0.2, -0.15) is 79.0 Å². The summed E-state index contributed by atoms with van der Waals surface area (Å²) in [7, 11) is 0. The second kappa shape index (κ2) is 17.6. The second-order valence-corrected chi connectivity index (χ2v) is 8.91. The van der Waals surface area contributed by atoms with Crippen molar-refractivity contribution in [3.8, 4) is 0 Å². The maximum Gasteiger partial charge on any atom is 2.00 e. The standard InChI is InChI=1S/C20H15F20N2O2.C3H5.Pd/c21-9(11(41)13(23,24)15(27,28)17(31,32)19(35,36)37)7(43)5-3-1-2-4-6-8(44)10(22)12(42)14(25,26)16(29,30)18(33,34)20(38,39)40;1-3-2;/h41H,1-6,42H2;3H,1-2H2;/q;;+2/b12-10+;;. The normalized spacial score (nSPS) is 14.9. The molecule has 48 heavy (non-hydrogen) atoms. The molecule has 0 aliphatic rings. The van der Waals surface area contributed by atoms with Gasteiger partial charge in [-0.15, -0.1) is 0 Å². The van der Waals surface area contributed by atoms with Crippen LogP contribution in [0.4, 0.5) is 87.8 Å². The number of carbonyl (C=O) groups is 1. The number of carbonyl (C=O) groups excluding carboxylic acids is 1. The van der Waals surface area contributed by atoms with E-state index in [4.69, 9.17) is 5.73 Å². The van der Waals surface area contributed by atoms with E-state index in [1.54, 1.807) is 0 Å². The topological polar surface area (TPSA) is 86.8 Å². The Hall–Kier alpha value is -1.61. The summed E-state index contributed by atoms with van der Waals surface area (Å²) in [6.45, 7) is 6.50. The Morgan fingerprint density at radius 1 is 0.604 bits per heavy atom. The molecule has 3 N–H and O–H groups in total. The third-order valence-corrected chi connectivity index (χ3v) is 5.44. The molecule has 0 unspecified atom stereocenters. The minimum absolute atomic E-state index is 0. The van der Waals surface area contributed by atoms with Crippen molar-refractivity contribution in [2.75, 3.05) is 0 Å². The van der Waals surface area contributed by atoms with Gasteiger partial charge in [-0.25, -0.2) is 19.6 Å². The van der Waals surface area contributed by atoms with Gasteiger partial charge >= 0.3 is 68.3 Å². The van der Waals surface area contributed by atoms with E-state index in [0.29, 0.717) is 0 Å².